The average Bonchev–Trinajstić information content (AvgIpc) is 2.86. The number of nitrogens with zero attached hydrogens (tertiary/aromatic N) is 1. The molecule has 0 atom stereocenters. The molecule has 9 heteroatoms. The van der Waals surface area contributed by atoms with Gasteiger partial charge >= 0.3 is 12.1 Å². The first-order chi connectivity index (χ1) is 12.7. The number of fused-ring (bicyclic) bond motifs is 1. The number of halogens is 3. The molecule has 142 valence electrons. The number of nitrogens with one attached hydrogen (secondary N) is 1. The fourth-order valence-corrected chi connectivity index (χ4v) is 2.62. The molecule has 0 aliphatic heterocycles. The molecule has 2 aromatic carbocycles. The Labute approximate surface area is 151 Å². The first-order valence-corrected chi connectivity index (χ1v) is 7.96. The summed E-state index contributed by atoms with van der Waals surface area (Å²) in [6.45, 7) is 0. The SMILES string of the molecule is Cn1c(=O)oc2cc(NC(=O)CCc3ccccc3OC(F)(F)F)ccc21. The molecule has 0 radical (unpaired) electrons. The molecule has 1 amide bonds. The number of rotatable bonds is 5. The van der Waals surface area contributed by atoms with Crippen LogP contribution in [0.1, 0.15) is 12.0 Å². The summed E-state index contributed by atoms with van der Waals surface area (Å²) in [5, 5.41) is 2.63. The lowest BCUT2D eigenvalue weighted by Crippen LogP contribution is -2.18. The Balaban J connectivity index is 1.66. The van der Waals surface area contributed by atoms with Crippen LogP contribution in [0.4, 0.5) is 18.9 Å². The normalized spacial score (nSPS) is 11.6. The smallest absolute Gasteiger partial charge is 0.408 e. The van der Waals surface area contributed by atoms with Crippen molar-refractivity contribution in [1.29, 1.82) is 0 Å². The Hall–Kier alpha value is -3.23. The highest BCUT2D eigenvalue weighted by molar-refractivity contribution is 5.92. The van der Waals surface area contributed by atoms with Crippen LogP contribution in [0.3, 0.4) is 0 Å². The number of anilines is 1. The number of carbonyl (C=O) groups excluding carboxylic acids is 1. The van der Waals surface area contributed by atoms with Gasteiger partial charge in [0.1, 0.15) is 5.75 Å². The molecule has 0 bridgehead atoms. The minimum atomic E-state index is -4.80. The van der Waals surface area contributed by atoms with E-state index >= 15 is 0 Å². The summed E-state index contributed by atoms with van der Waals surface area (Å²) in [7, 11) is 1.56. The number of carbonyl (C=O) groups is 1. The van der Waals surface area contributed by atoms with E-state index in [1.807, 2.05) is 0 Å². The quantitative estimate of drug-likeness (QED) is 0.734. The van der Waals surface area contributed by atoms with Crippen molar-refractivity contribution in [2.45, 2.75) is 19.2 Å². The fourth-order valence-electron chi connectivity index (χ4n) is 2.62. The Morgan fingerprint density at radius 2 is 1.96 bits per heavy atom. The van der Waals surface area contributed by atoms with Crippen LogP contribution in [0, 0.1) is 0 Å². The maximum Gasteiger partial charge on any atom is 0.573 e. The van der Waals surface area contributed by atoms with Gasteiger partial charge in [0.2, 0.25) is 5.91 Å². The monoisotopic (exact) mass is 380 g/mol. The highest BCUT2D eigenvalue weighted by atomic mass is 19.4. The summed E-state index contributed by atoms with van der Waals surface area (Å²) in [4.78, 5) is 23.6. The van der Waals surface area contributed by atoms with Gasteiger partial charge in [-0.15, -0.1) is 13.2 Å². The molecule has 0 aliphatic carbocycles. The predicted molar refractivity (Wildman–Crippen MR) is 91.5 cm³/mol. The molecule has 0 saturated heterocycles. The summed E-state index contributed by atoms with van der Waals surface area (Å²) in [5.41, 5.74) is 1.59. The molecule has 3 rings (SSSR count). The van der Waals surface area contributed by atoms with Crippen LogP contribution in [0.5, 0.6) is 5.75 Å². The molecule has 1 aromatic heterocycles. The number of para-hydroxylation sites is 1. The lowest BCUT2D eigenvalue weighted by atomic mass is 10.1. The van der Waals surface area contributed by atoms with Crippen molar-refractivity contribution < 1.29 is 27.1 Å². The van der Waals surface area contributed by atoms with Crippen LogP contribution in [-0.4, -0.2) is 16.8 Å². The number of oxazole rings is 1. The molecule has 0 spiro atoms. The van der Waals surface area contributed by atoms with Gasteiger partial charge in [-0.3, -0.25) is 9.36 Å². The molecule has 3 aromatic rings. The first-order valence-electron chi connectivity index (χ1n) is 7.96. The number of amides is 1. The lowest BCUT2D eigenvalue weighted by Gasteiger charge is -2.13. The molecular weight excluding hydrogens is 365 g/mol. The summed E-state index contributed by atoms with van der Waals surface area (Å²) < 4.78 is 47.6. The van der Waals surface area contributed by atoms with Gasteiger partial charge in [-0.2, -0.15) is 0 Å². The first kappa shape index (κ1) is 18.6. The van der Waals surface area contributed by atoms with E-state index in [-0.39, 0.29) is 24.2 Å². The Bertz CT molecular complexity index is 1040. The van der Waals surface area contributed by atoms with Crippen LogP contribution in [0.2, 0.25) is 0 Å². The van der Waals surface area contributed by atoms with Crippen LogP contribution in [0.25, 0.3) is 11.1 Å². The summed E-state index contributed by atoms with van der Waals surface area (Å²) in [6, 6.07) is 10.4. The Morgan fingerprint density at radius 3 is 2.70 bits per heavy atom. The third-order valence-electron chi connectivity index (χ3n) is 3.90. The van der Waals surface area contributed by atoms with Gasteiger partial charge in [-0.1, -0.05) is 18.2 Å². The van der Waals surface area contributed by atoms with E-state index in [2.05, 4.69) is 10.1 Å². The summed E-state index contributed by atoms with van der Waals surface area (Å²) >= 11 is 0. The highest BCUT2D eigenvalue weighted by Crippen LogP contribution is 2.27. The second-order valence-corrected chi connectivity index (χ2v) is 5.81. The predicted octanol–water partition coefficient (Wildman–Crippen LogP) is 3.60. The van der Waals surface area contributed by atoms with E-state index in [1.54, 1.807) is 25.2 Å². The second-order valence-electron chi connectivity index (χ2n) is 5.81. The number of hydrogen-bond donors (Lipinski definition) is 1. The van der Waals surface area contributed by atoms with E-state index < -0.39 is 18.0 Å². The zero-order chi connectivity index (χ0) is 19.6. The maximum atomic E-state index is 12.4. The molecule has 0 saturated carbocycles. The van der Waals surface area contributed by atoms with Crippen molar-refractivity contribution >= 4 is 22.7 Å². The molecule has 1 N–H and O–H groups in total. The molecule has 0 unspecified atom stereocenters. The van der Waals surface area contributed by atoms with Crippen LogP contribution >= 0.6 is 0 Å². The van der Waals surface area contributed by atoms with Crippen molar-refractivity contribution in [2.24, 2.45) is 7.05 Å². The Morgan fingerprint density at radius 1 is 1.22 bits per heavy atom. The number of alkyl halides is 3. The number of ether oxygens (including phenoxy) is 1. The van der Waals surface area contributed by atoms with Gasteiger partial charge in [0.15, 0.2) is 5.58 Å². The molecule has 0 aliphatic rings. The third kappa shape index (κ3) is 4.49. The van der Waals surface area contributed by atoms with E-state index in [1.165, 1.54) is 28.8 Å². The van der Waals surface area contributed by atoms with E-state index in [4.69, 9.17) is 4.42 Å². The van der Waals surface area contributed by atoms with Crippen molar-refractivity contribution in [3.8, 4) is 5.75 Å². The number of aromatic nitrogens is 1. The van der Waals surface area contributed by atoms with Gasteiger partial charge in [0.25, 0.3) is 0 Å². The third-order valence-corrected chi connectivity index (χ3v) is 3.90. The minimum absolute atomic E-state index is 0.0466. The van der Waals surface area contributed by atoms with Gasteiger partial charge in [-0.05, 0) is 30.2 Å². The largest absolute Gasteiger partial charge is 0.573 e. The zero-order valence-electron chi connectivity index (χ0n) is 14.2. The number of aryl methyl sites for hydroxylation is 2. The Kier molecular flexibility index (Phi) is 4.93. The molecular formula is C18H15F3N2O4. The van der Waals surface area contributed by atoms with E-state index in [0.29, 0.717) is 16.8 Å². The van der Waals surface area contributed by atoms with Crippen LogP contribution in [-0.2, 0) is 18.3 Å². The standard InChI is InChI=1S/C18H15F3N2O4/c1-23-13-8-7-12(10-15(13)26-17(23)25)22-16(24)9-6-11-4-2-3-5-14(11)27-18(19,20)21/h2-5,7-8,10H,6,9H2,1H3,(H,22,24). The topological polar surface area (TPSA) is 73.5 Å². The molecule has 27 heavy (non-hydrogen) atoms. The molecule has 1 heterocycles. The zero-order valence-corrected chi connectivity index (χ0v) is 14.2. The average molecular weight is 380 g/mol. The highest BCUT2D eigenvalue weighted by Gasteiger charge is 2.31. The fraction of sp³-hybridized carbons (Fsp3) is 0.222. The minimum Gasteiger partial charge on any atom is -0.408 e. The maximum absolute atomic E-state index is 12.4. The molecule has 6 nitrogen and oxygen atoms in total. The second kappa shape index (κ2) is 7.18. The van der Waals surface area contributed by atoms with E-state index in [0.717, 1.165) is 0 Å². The van der Waals surface area contributed by atoms with Crippen molar-refractivity contribution in [3.05, 3.63) is 58.6 Å². The van der Waals surface area contributed by atoms with E-state index in [9.17, 15) is 22.8 Å². The number of benzene rings is 2. The summed E-state index contributed by atoms with van der Waals surface area (Å²) in [5.74, 6) is -1.24. The van der Waals surface area contributed by atoms with Gasteiger partial charge in [-0.25, -0.2) is 4.79 Å². The van der Waals surface area contributed by atoms with Gasteiger partial charge in [0.05, 0.1) is 5.52 Å². The van der Waals surface area contributed by atoms with Gasteiger partial charge in [0, 0.05) is 25.2 Å². The summed E-state index contributed by atoms with van der Waals surface area (Å²) in [6.07, 6.45) is -4.77. The van der Waals surface area contributed by atoms with Gasteiger partial charge < -0.3 is 14.5 Å². The van der Waals surface area contributed by atoms with Crippen molar-refractivity contribution in [3.63, 3.8) is 0 Å². The van der Waals surface area contributed by atoms with Crippen molar-refractivity contribution in [1.82, 2.24) is 4.57 Å². The number of hydrogen-bond acceptors (Lipinski definition) is 4. The molecule has 0 fully saturated rings. The lowest BCUT2D eigenvalue weighted by molar-refractivity contribution is -0.274. The van der Waals surface area contributed by atoms with Crippen LogP contribution in [0.15, 0.2) is 51.7 Å². The van der Waals surface area contributed by atoms with Crippen molar-refractivity contribution in [2.75, 3.05) is 5.32 Å². The van der Waals surface area contributed by atoms with Crippen LogP contribution < -0.4 is 15.8 Å².